The normalized spacial score (nSPS) is 31.7. The predicted octanol–water partition coefficient (Wildman–Crippen LogP) is 4.65. The van der Waals surface area contributed by atoms with Gasteiger partial charge in [0.2, 0.25) is 0 Å². The molecule has 0 spiro atoms. The van der Waals surface area contributed by atoms with Crippen molar-refractivity contribution in [3.05, 3.63) is 35.9 Å². The lowest BCUT2D eigenvalue weighted by molar-refractivity contribution is -0.156. The lowest BCUT2D eigenvalue weighted by Gasteiger charge is -2.33. The van der Waals surface area contributed by atoms with Crippen LogP contribution in [0.2, 0.25) is 0 Å². The van der Waals surface area contributed by atoms with E-state index < -0.39 is 5.92 Å². The molecular weight excluding hydrogens is 300 g/mol. The van der Waals surface area contributed by atoms with E-state index in [9.17, 15) is 9.59 Å². The van der Waals surface area contributed by atoms with E-state index in [1.807, 2.05) is 18.2 Å². The summed E-state index contributed by atoms with van der Waals surface area (Å²) in [6.45, 7) is 8.73. The van der Waals surface area contributed by atoms with Crippen LogP contribution in [0, 0.1) is 22.7 Å². The van der Waals surface area contributed by atoms with E-state index in [1.54, 1.807) is 19.1 Å². The average molecular weight is 328 g/mol. The Morgan fingerprint density at radius 2 is 1.88 bits per heavy atom. The van der Waals surface area contributed by atoms with Gasteiger partial charge in [-0.2, -0.15) is 0 Å². The van der Waals surface area contributed by atoms with Crippen molar-refractivity contribution in [1.29, 1.82) is 0 Å². The van der Waals surface area contributed by atoms with Gasteiger partial charge in [-0.15, -0.1) is 0 Å². The second-order valence-electron chi connectivity index (χ2n) is 8.50. The average Bonchev–Trinajstić information content (AvgIpc) is 2.88. The van der Waals surface area contributed by atoms with Crippen LogP contribution in [0.5, 0.6) is 0 Å². The Labute approximate surface area is 144 Å². The predicted molar refractivity (Wildman–Crippen MR) is 93.7 cm³/mol. The van der Waals surface area contributed by atoms with E-state index in [1.165, 1.54) is 6.42 Å². The smallest absolute Gasteiger partial charge is 0.309 e. The molecule has 0 amide bonds. The SMILES string of the molecule is CC(CC(=O)c1ccccc1)C(=O)OC1C[C@@]2(C)CC[C@@H]1C2(C)C. The molecular formula is C21H28O3. The number of fused-ring (bicyclic) bond motifs is 2. The van der Waals surface area contributed by atoms with Crippen LogP contribution in [0.1, 0.15) is 63.7 Å². The van der Waals surface area contributed by atoms with Crippen molar-refractivity contribution < 1.29 is 14.3 Å². The summed E-state index contributed by atoms with van der Waals surface area (Å²) in [5, 5.41) is 0. The molecule has 3 nitrogen and oxygen atoms in total. The zero-order valence-corrected chi connectivity index (χ0v) is 15.2. The monoisotopic (exact) mass is 328 g/mol. The van der Waals surface area contributed by atoms with E-state index in [4.69, 9.17) is 4.74 Å². The van der Waals surface area contributed by atoms with Crippen LogP contribution >= 0.6 is 0 Å². The summed E-state index contributed by atoms with van der Waals surface area (Å²) in [7, 11) is 0. The fourth-order valence-corrected chi connectivity index (χ4v) is 4.70. The number of carbonyl (C=O) groups excluding carboxylic acids is 2. The van der Waals surface area contributed by atoms with Gasteiger partial charge < -0.3 is 4.74 Å². The highest BCUT2D eigenvalue weighted by molar-refractivity contribution is 5.97. The van der Waals surface area contributed by atoms with E-state index in [0.29, 0.717) is 11.5 Å². The van der Waals surface area contributed by atoms with Gasteiger partial charge in [-0.25, -0.2) is 0 Å². The molecule has 2 saturated carbocycles. The quantitative estimate of drug-likeness (QED) is 0.583. The molecule has 3 heteroatoms. The fourth-order valence-electron chi connectivity index (χ4n) is 4.70. The van der Waals surface area contributed by atoms with Crippen LogP contribution in [0.4, 0.5) is 0 Å². The van der Waals surface area contributed by atoms with Gasteiger partial charge in [0.05, 0.1) is 5.92 Å². The van der Waals surface area contributed by atoms with Crippen LogP contribution in [0.3, 0.4) is 0 Å². The molecule has 0 aliphatic heterocycles. The number of hydrogen-bond acceptors (Lipinski definition) is 3. The highest BCUT2D eigenvalue weighted by atomic mass is 16.5. The number of ketones is 1. The third-order valence-electron chi connectivity index (χ3n) is 6.85. The number of rotatable bonds is 5. The molecule has 0 N–H and O–H groups in total. The van der Waals surface area contributed by atoms with Crippen molar-refractivity contribution in [3.8, 4) is 0 Å². The van der Waals surface area contributed by atoms with Crippen molar-refractivity contribution in [2.75, 3.05) is 0 Å². The van der Waals surface area contributed by atoms with Gasteiger partial charge in [0.1, 0.15) is 6.10 Å². The summed E-state index contributed by atoms with van der Waals surface area (Å²) < 4.78 is 5.85. The van der Waals surface area contributed by atoms with E-state index in [0.717, 1.165) is 12.8 Å². The minimum atomic E-state index is -0.396. The molecule has 0 aromatic heterocycles. The number of hydrogen-bond donors (Lipinski definition) is 0. The Kier molecular flexibility index (Phi) is 4.31. The third kappa shape index (κ3) is 2.78. The first-order valence-electron chi connectivity index (χ1n) is 9.03. The molecule has 2 unspecified atom stereocenters. The summed E-state index contributed by atoms with van der Waals surface area (Å²) in [4.78, 5) is 24.8. The van der Waals surface area contributed by atoms with E-state index in [2.05, 4.69) is 20.8 Å². The van der Waals surface area contributed by atoms with Gasteiger partial charge in [-0.3, -0.25) is 9.59 Å². The number of carbonyl (C=O) groups is 2. The van der Waals surface area contributed by atoms with E-state index in [-0.39, 0.29) is 35.1 Å². The first-order chi connectivity index (χ1) is 11.2. The number of Topliss-reactive ketones (excluding diaryl/α,β-unsaturated/α-hetero) is 1. The van der Waals surface area contributed by atoms with Crippen molar-refractivity contribution in [2.45, 2.75) is 59.5 Å². The van der Waals surface area contributed by atoms with Crippen molar-refractivity contribution >= 4 is 11.8 Å². The van der Waals surface area contributed by atoms with Crippen molar-refractivity contribution in [2.24, 2.45) is 22.7 Å². The summed E-state index contributed by atoms with van der Waals surface area (Å²) >= 11 is 0. The lowest BCUT2D eigenvalue weighted by atomic mass is 9.71. The molecule has 2 bridgehead atoms. The summed E-state index contributed by atoms with van der Waals surface area (Å²) in [5.74, 6) is -0.173. The van der Waals surface area contributed by atoms with Crippen molar-refractivity contribution in [1.82, 2.24) is 0 Å². The van der Waals surface area contributed by atoms with Gasteiger partial charge >= 0.3 is 5.97 Å². The minimum Gasteiger partial charge on any atom is -0.462 e. The molecule has 2 fully saturated rings. The van der Waals surface area contributed by atoms with Gasteiger partial charge in [0.15, 0.2) is 5.78 Å². The van der Waals surface area contributed by atoms with Crippen LogP contribution in [0.25, 0.3) is 0 Å². The van der Waals surface area contributed by atoms with Gasteiger partial charge in [0.25, 0.3) is 0 Å². The first kappa shape index (κ1) is 17.2. The molecule has 1 aromatic rings. The van der Waals surface area contributed by atoms with Crippen LogP contribution in [0.15, 0.2) is 30.3 Å². The molecule has 1 aromatic carbocycles. The highest BCUT2D eigenvalue weighted by Gasteiger charge is 2.61. The van der Waals surface area contributed by atoms with E-state index >= 15 is 0 Å². The molecule has 2 aliphatic rings. The molecule has 0 radical (unpaired) electrons. The maximum Gasteiger partial charge on any atom is 0.309 e. The second kappa shape index (κ2) is 6.02. The van der Waals surface area contributed by atoms with Gasteiger partial charge in [-0.1, -0.05) is 58.0 Å². The summed E-state index contributed by atoms with van der Waals surface area (Å²) in [5.41, 5.74) is 1.15. The third-order valence-corrected chi connectivity index (χ3v) is 6.85. The number of benzene rings is 1. The highest BCUT2D eigenvalue weighted by Crippen LogP contribution is 2.66. The zero-order chi connectivity index (χ0) is 17.5. The minimum absolute atomic E-state index is 0.000263. The molecule has 4 atom stereocenters. The largest absolute Gasteiger partial charge is 0.462 e. The molecule has 3 rings (SSSR count). The Hall–Kier alpha value is -1.64. The zero-order valence-electron chi connectivity index (χ0n) is 15.2. The van der Waals surface area contributed by atoms with Crippen LogP contribution in [-0.4, -0.2) is 17.9 Å². The second-order valence-corrected chi connectivity index (χ2v) is 8.50. The Bertz CT molecular complexity index is 631. The Morgan fingerprint density at radius 1 is 1.21 bits per heavy atom. The van der Waals surface area contributed by atoms with Gasteiger partial charge in [-0.05, 0) is 30.1 Å². The summed E-state index contributed by atoms with van der Waals surface area (Å²) in [6, 6.07) is 9.15. The topological polar surface area (TPSA) is 43.4 Å². The molecule has 0 heterocycles. The van der Waals surface area contributed by atoms with Crippen LogP contribution < -0.4 is 0 Å². The maximum atomic E-state index is 12.5. The fraction of sp³-hybridized carbons (Fsp3) is 0.619. The molecule has 130 valence electrons. The summed E-state index contributed by atoms with van der Waals surface area (Å²) in [6.07, 6.45) is 3.54. The Balaban J connectivity index is 1.59. The standard InChI is InChI=1S/C21H28O3/c1-14(12-17(22)15-8-6-5-7-9-15)19(23)24-18-13-21(4)11-10-16(18)20(21,2)3/h5-9,14,16,18H,10-13H2,1-4H3/t14?,16-,18?,21+/m0/s1. The first-order valence-corrected chi connectivity index (χ1v) is 9.03. The van der Waals surface area contributed by atoms with Crippen LogP contribution in [-0.2, 0) is 9.53 Å². The molecule has 0 saturated heterocycles. The maximum absolute atomic E-state index is 12.5. The number of esters is 1. The number of ether oxygens (including phenoxy) is 1. The molecule has 24 heavy (non-hydrogen) atoms. The van der Waals surface area contributed by atoms with Crippen molar-refractivity contribution in [3.63, 3.8) is 0 Å². The van der Waals surface area contributed by atoms with Gasteiger partial charge in [0, 0.05) is 17.9 Å². The Morgan fingerprint density at radius 3 is 2.42 bits per heavy atom. The lowest BCUT2D eigenvalue weighted by Crippen LogP contribution is -2.30. The molecule has 2 aliphatic carbocycles.